The fraction of sp³-hybridized carbons (Fsp3) is 0.333. The molecule has 1 amide bonds. The molecule has 0 radical (unpaired) electrons. The molecular formula is C12H15N3O3. The Morgan fingerprint density at radius 3 is 2.50 bits per heavy atom. The topological polar surface area (TPSA) is 84.6 Å². The summed E-state index contributed by atoms with van der Waals surface area (Å²) in [5.74, 6) is -0.239. The molecule has 18 heavy (non-hydrogen) atoms. The van der Waals surface area contributed by atoms with Gasteiger partial charge in [0.1, 0.15) is 0 Å². The highest BCUT2D eigenvalue weighted by atomic mass is 16.6. The third kappa shape index (κ3) is 4.32. The van der Waals surface area contributed by atoms with E-state index in [0.29, 0.717) is 5.56 Å². The Labute approximate surface area is 105 Å². The fourth-order valence-electron chi connectivity index (χ4n) is 1.20. The van der Waals surface area contributed by atoms with E-state index in [9.17, 15) is 14.9 Å². The summed E-state index contributed by atoms with van der Waals surface area (Å²) in [6.45, 7) is 3.77. The van der Waals surface area contributed by atoms with Crippen LogP contribution in [0.3, 0.4) is 0 Å². The summed E-state index contributed by atoms with van der Waals surface area (Å²) in [4.78, 5) is 21.5. The summed E-state index contributed by atoms with van der Waals surface area (Å²) in [6, 6.07) is 5.88. The molecule has 0 bridgehead atoms. The molecule has 0 fully saturated rings. The number of nitro benzene ring substituents is 1. The van der Waals surface area contributed by atoms with Crippen LogP contribution in [0.1, 0.15) is 25.8 Å². The highest BCUT2D eigenvalue weighted by Crippen LogP contribution is 2.12. The largest absolute Gasteiger partial charge is 0.273 e. The molecule has 0 saturated heterocycles. The van der Waals surface area contributed by atoms with Gasteiger partial charge in [0.15, 0.2) is 0 Å². The van der Waals surface area contributed by atoms with Crippen molar-refractivity contribution in [2.24, 2.45) is 5.10 Å². The first-order chi connectivity index (χ1) is 8.52. The average Bonchev–Trinajstić information content (AvgIpc) is 2.36. The van der Waals surface area contributed by atoms with Gasteiger partial charge in [0.05, 0.1) is 11.3 Å². The second kappa shape index (κ2) is 6.48. The number of nitrogens with zero attached hydrogens (tertiary/aromatic N) is 2. The monoisotopic (exact) mass is 249 g/mol. The van der Waals surface area contributed by atoms with Crippen molar-refractivity contribution in [2.75, 3.05) is 0 Å². The van der Waals surface area contributed by atoms with Crippen LogP contribution in [0.25, 0.3) is 0 Å². The number of nitrogens with one attached hydrogen (secondary N) is 1. The van der Waals surface area contributed by atoms with E-state index in [0.717, 1.165) is 12.1 Å². The van der Waals surface area contributed by atoms with Gasteiger partial charge in [-0.25, -0.2) is 5.43 Å². The zero-order valence-corrected chi connectivity index (χ0v) is 10.3. The molecular weight excluding hydrogens is 234 g/mol. The molecule has 0 spiro atoms. The van der Waals surface area contributed by atoms with Crippen LogP contribution >= 0.6 is 0 Å². The van der Waals surface area contributed by atoms with Crippen LogP contribution in [-0.4, -0.2) is 16.5 Å². The number of amides is 1. The highest BCUT2D eigenvalue weighted by Gasteiger charge is 2.06. The second-order valence-corrected chi connectivity index (χ2v) is 3.84. The van der Waals surface area contributed by atoms with Gasteiger partial charge in [-0.3, -0.25) is 14.9 Å². The predicted molar refractivity (Wildman–Crippen MR) is 68.3 cm³/mol. The predicted octanol–water partition coefficient (Wildman–Crippen LogP) is 2.04. The molecule has 0 aliphatic carbocycles. The molecule has 6 nitrogen and oxygen atoms in total. The first kappa shape index (κ1) is 13.8. The van der Waals surface area contributed by atoms with Gasteiger partial charge in [0.2, 0.25) is 5.91 Å². The lowest BCUT2D eigenvalue weighted by molar-refractivity contribution is -0.384. The van der Waals surface area contributed by atoms with Crippen LogP contribution in [0.4, 0.5) is 5.69 Å². The van der Waals surface area contributed by atoms with Crippen LogP contribution in [0.5, 0.6) is 0 Å². The second-order valence-electron chi connectivity index (χ2n) is 3.84. The molecule has 0 atom stereocenters. The van der Waals surface area contributed by atoms with Gasteiger partial charge >= 0.3 is 0 Å². The lowest BCUT2D eigenvalue weighted by Crippen LogP contribution is -2.20. The van der Waals surface area contributed by atoms with Crippen LogP contribution in [0.15, 0.2) is 29.4 Å². The number of rotatable bonds is 5. The van der Waals surface area contributed by atoms with Crippen molar-refractivity contribution in [3.05, 3.63) is 39.9 Å². The van der Waals surface area contributed by atoms with Crippen LogP contribution < -0.4 is 5.43 Å². The zero-order chi connectivity index (χ0) is 13.5. The minimum absolute atomic E-state index is 0.0130. The number of non-ortho nitro benzene ring substituents is 1. The first-order valence-corrected chi connectivity index (χ1v) is 5.58. The van der Waals surface area contributed by atoms with Crippen molar-refractivity contribution in [3.8, 4) is 0 Å². The minimum Gasteiger partial charge on any atom is -0.273 e. The molecule has 0 aliphatic heterocycles. The van der Waals surface area contributed by atoms with E-state index in [-0.39, 0.29) is 18.0 Å². The molecule has 1 aromatic carbocycles. The Morgan fingerprint density at radius 2 is 2.00 bits per heavy atom. The first-order valence-electron chi connectivity index (χ1n) is 5.58. The maximum atomic E-state index is 11.5. The van der Waals surface area contributed by atoms with Gasteiger partial charge < -0.3 is 0 Å². The third-order valence-electron chi connectivity index (χ3n) is 2.39. The van der Waals surface area contributed by atoms with E-state index in [1.54, 1.807) is 12.1 Å². The lowest BCUT2D eigenvalue weighted by Gasteiger charge is -2.01. The normalized spacial score (nSPS) is 11.1. The highest BCUT2D eigenvalue weighted by molar-refractivity contribution is 5.84. The molecule has 0 aromatic heterocycles. The number of carbonyl (C=O) groups excluding carboxylic acids is 1. The number of hydrogen-bond acceptors (Lipinski definition) is 4. The van der Waals surface area contributed by atoms with Crippen molar-refractivity contribution in [1.82, 2.24) is 5.43 Å². The number of carbonyl (C=O) groups is 1. The van der Waals surface area contributed by atoms with Crippen molar-refractivity contribution in [1.29, 1.82) is 0 Å². The van der Waals surface area contributed by atoms with Gasteiger partial charge in [-0.05, 0) is 18.9 Å². The van der Waals surface area contributed by atoms with Gasteiger partial charge in [-0.1, -0.05) is 19.1 Å². The van der Waals surface area contributed by atoms with E-state index in [2.05, 4.69) is 10.5 Å². The molecule has 0 unspecified atom stereocenters. The number of hydrogen-bond donors (Lipinski definition) is 1. The SMILES string of the molecule is CC/C(C)=N/NC(=O)Cc1ccc([N+](=O)[O-])cc1. The minimum atomic E-state index is -0.473. The Morgan fingerprint density at radius 1 is 1.39 bits per heavy atom. The summed E-state index contributed by atoms with van der Waals surface area (Å²) in [5.41, 5.74) is 4.00. The summed E-state index contributed by atoms with van der Waals surface area (Å²) in [7, 11) is 0. The molecule has 0 aliphatic rings. The molecule has 96 valence electrons. The standard InChI is InChI=1S/C12H15N3O3/c1-3-9(2)13-14-12(16)8-10-4-6-11(7-5-10)15(17)18/h4-7H,3,8H2,1-2H3,(H,14,16)/b13-9+. The van der Waals surface area contributed by atoms with Crippen LogP contribution in [0.2, 0.25) is 0 Å². The molecule has 0 heterocycles. The number of nitro groups is 1. The molecule has 6 heteroatoms. The Hall–Kier alpha value is -2.24. The summed E-state index contributed by atoms with van der Waals surface area (Å²) >= 11 is 0. The lowest BCUT2D eigenvalue weighted by atomic mass is 10.1. The maximum Gasteiger partial charge on any atom is 0.269 e. The van der Waals surface area contributed by atoms with Gasteiger partial charge in [0, 0.05) is 17.8 Å². The van der Waals surface area contributed by atoms with Gasteiger partial charge in [0.25, 0.3) is 5.69 Å². The van der Waals surface area contributed by atoms with Crippen LogP contribution in [0, 0.1) is 10.1 Å². The number of benzene rings is 1. The third-order valence-corrected chi connectivity index (χ3v) is 2.39. The summed E-state index contributed by atoms with van der Waals surface area (Å²) in [5, 5.41) is 14.3. The van der Waals surface area contributed by atoms with E-state index >= 15 is 0 Å². The quantitative estimate of drug-likeness (QED) is 0.492. The van der Waals surface area contributed by atoms with E-state index in [1.165, 1.54) is 12.1 Å². The summed E-state index contributed by atoms with van der Waals surface area (Å²) < 4.78 is 0. The van der Waals surface area contributed by atoms with E-state index in [1.807, 2.05) is 13.8 Å². The van der Waals surface area contributed by atoms with E-state index in [4.69, 9.17) is 0 Å². The van der Waals surface area contributed by atoms with Crippen LogP contribution in [-0.2, 0) is 11.2 Å². The smallest absolute Gasteiger partial charge is 0.269 e. The molecule has 1 rings (SSSR count). The maximum absolute atomic E-state index is 11.5. The Balaban J connectivity index is 2.57. The zero-order valence-electron chi connectivity index (χ0n) is 10.3. The fourth-order valence-corrected chi connectivity index (χ4v) is 1.20. The van der Waals surface area contributed by atoms with Gasteiger partial charge in [-0.2, -0.15) is 5.10 Å². The van der Waals surface area contributed by atoms with Crippen molar-refractivity contribution in [3.63, 3.8) is 0 Å². The molecule has 0 saturated carbocycles. The van der Waals surface area contributed by atoms with Gasteiger partial charge in [-0.15, -0.1) is 0 Å². The summed E-state index contributed by atoms with van der Waals surface area (Å²) in [6.07, 6.45) is 0.927. The Bertz CT molecular complexity index is 466. The average molecular weight is 249 g/mol. The molecule has 1 aromatic rings. The van der Waals surface area contributed by atoms with E-state index < -0.39 is 4.92 Å². The molecule has 1 N–H and O–H groups in total. The Kier molecular flexibility index (Phi) is 4.98. The number of hydrazone groups is 1. The van der Waals surface area contributed by atoms with Crippen molar-refractivity contribution in [2.45, 2.75) is 26.7 Å². The van der Waals surface area contributed by atoms with Crippen molar-refractivity contribution >= 4 is 17.3 Å². The van der Waals surface area contributed by atoms with Crippen molar-refractivity contribution < 1.29 is 9.72 Å².